The Hall–Kier alpha value is -1.72. The third kappa shape index (κ3) is 3.19. The van der Waals surface area contributed by atoms with E-state index in [0.29, 0.717) is 31.0 Å². The topological polar surface area (TPSA) is 66.3 Å². The number of hydrogen-bond acceptors (Lipinski definition) is 4. The van der Waals surface area contributed by atoms with E-state index in [2.05, 4.69) is 9.97 Å². The van der Waals surface area contributed by atoms with Gasteiger partial charge in [0.25, 0.3) is 0 Å². The third-order valence-corrected chi connectivity index (χ3v) is 3.56. The molecular formula is C13H18FN3O2. The van der Waals surface area contributed by atoms with Crippen molar-refractivity contribution < 1.29 is 14.3 Å². The van der Waals surface area contributed by atoms with Crippen molar-refractivity contribution in [2.75, 3.05) is 18.0 Å². The summed E-state index contributed by atoms with van der Waals surface area (Å²) in [6.07, 6.45) is 3.64. The first-order valence-electron chi connectivity index (χ1n) is 6.58. The third-order valence-electron chi connectivity index (χ3n) is 3.56. The van der Waals surface area contributed by atoms with Gasteiger partial charge >= 0.3 is 5.97 Å². The Morgan fingerprint density at radius 3 is 2.74 bits per heavy atom. The van der Waals surface area contributed by atoms with Crippen LogP contribution in [0.15, 0.2) is 6.33 Å². The second-order valence-electron chi connectivity index (χ2n) is 4.84. The van der Waals surface area contributed by atoms with Crippen molar-refractivity contribution in [2.24, 2.45) is 5.92 Å². The first-order valence-corrected chi connectivity index (χ1v) is 6.58. The molecule has 0 amide bonds. The summed E-state index contributed by atoms with van der Waals surface area (Å²) in [4.78, 5) is 20.5. The number of piperidine rings is 1. The molecule has 1 aliphatic rings. The molecular weight excluding hydrogens is 249 g/mol. The molecule has 0 atom stereocenters. The Morgan fingerprint density at radius 1 is 1.47 bits per heavy atom. The van der Waals surface area contributed by atoms with E-state index in [1.165, 1.54) is 6.33 Å². The van der Waals surface area contributed by atoms with Crippen LogP contribution in [0.4, 0.5) is 10.2 Å². The van der Waals surface area contributed by atoms with Gasteiger partial charge in [-0.3, -0.25) is 4.79 Å². The van der Waals surface area contributed by atoms with Gasteiger partial charge in [0.2, 0.25) is 0 Å². The highest BCUT2D eigenvalue weighted by Crippen LogP contribution is 2.26. The van der Waals surface area contributed by atoms with Crippen molar-refractivity contribution in [2.45, 2.75) is 32.6 Å². The zero-order valence-electron chi connectivity index (χ0n) is 11.0. The number of aliphatic carboxylic acids is 1. The summed E-state index contributed by atoms with van der Waals surface area (Å²) in [7, 11) is 0. The van der Waals surface area contributed by atoms with E-state index < -0.39 is 5.97 Å². The summed E-state index contributed by atoms with van der Waals surface area (Å²) in [5.41, 5.74) is 0.428. The van der Waals surface area contributed by atoms with Crippen LogP contribution < -0.4 is 4.90 Å². The maximum atomic E-state index is 14.1. The molecule has 6 heteroatoms. The molecule has 0 bridgehead atoms. The van der Waals surface area contributed by atoms with Crippen molar-refractivity contribution in [3.8, 4) is 0 Å². The molecule has 0 saturated carbocycles. The first kappa shape index (κ1) is 13.7. The van der Waals surface area contributed by atoms with Crippen LogP contribution in [0.1, 0.15) is 31.9 Å². The molecule has 0 aromatic carbocycles. The number of carboxylic acid groups (broad SMARTS) is 1. The number of nitrogens with zero attached hydrogens (tertiary/aromatic N) is 3. The molecule has 0 unspecified atom stereocenters. The Bertz CT molecular complexity index is 459. The van der Waals surface area contributed by atoms with E-state index >= 15 is 0 Å². The van der Waals surface area contributed by atoms with Crippen molar-refractivity contribution in [3.05, 3.63) is 17.8 Å². The number of carboxylic acids is 1. The second kappa shape index (κ2) is 5.95. The van der Waals surface area contributed by atoms with E-state index in [-0.39, 0.29) is 18.2 Å². The SMILES string of the molecule is CCc1ncnc(N2CCC(CC(=O)O)CC2)c1F. The molecule has 2 rings (SSSR count). The Kier molecular flexibility index (Phi) is 4.29. The van der Waals surface area contributed by atoms with Gasteiger partial charge in [-0.25, -0.2) is 14.4 Å². The second-order valence-corrected chi connectivity index (χ2v) is 4.84. The molecule has 0 radical (unpaired) electrons. The van der Waals surface area contributed by atoms with Gasteiger partial charge in [-0.05, 0) is 25.2 Å². The molecule has 1 fully saturated rings. The highest BCUT2D eigenvalue weighted by molar-refractivity contribution is 5.67. The lowest BCUT2D eigenvalue weighted by atomic mass is 9.93. The van der Waals surface area contributed by atoms with Crippen LogP contribution in [0.25, 0.3) is 0 Å². The van der Waals surface area contributed by atoms with Gasteiger partial charge in [-0.15, -0.1) is 0 Å². The summed E-state index contributed by atoms with van der Waals surface area (Å²) in [5, 5.41) is 8.77. The van der Waals surface area contributed by atoms with Crippen molar-refractivity contribution in [1.82, 2.24) is 9.97 Å². The molecule has 104 valence electrons. The zero-order valence-corrected chi connectivity index (χ0v) is 11.0. The molecule has 5 nitrogen and oxygen atoms in total. The van der Waals surface area contributed by atoms with Crippen LogP contribution in [-0.4, -0.2) is 34.1 Å². The molecule has 1 aliphatic heterocycles. The van der Waals surface area contributed by atoms with Crippen LogP contribution in [0.5, 0.6) is 0 Å². The van der Waals surface area contributed by atoms with Gasteiger partial charge in [0.15, 0.2) is 11.6 Å². The maximum Gasteiger partial charge on any atom is 0.303 e. The molecule has 0 spiro atoms. The van der Waals surface area contributed by atoms with Gasteiger partial charge < -0.3 is 10.0 Å². The van der Waals surface area contributed by atoms with Gasteiger partial charge in [-0.2, -0.15) is 0 Å². The molecule has 2 heterocycles. The van der Waals surface area contributed by atoms with Crippen LogP contribution in [-0.2, 0) is 11.2 Å². The molecule has 1 aromatic heterocycles. The normalized spacial score (nSPS) is 16.6. The lowest BCUT2D eigenvalue weighted by Gasteiger charge is -2.32. The monoisotopic (exact) mass is 267 g/mol. The Labute approximate surface area is 111 Å². The lowest BCUT2D eigenvalue weighted by Crippen LogP contribution is -2.35. The van der Waals surface area contributed by atoms with E-state index in [1.54, 1.807) is 0 Å². The highest BCUT2D eigenvalue weighted by Gasteiger charge is 2.24. The smallest absolute Gasteiger partial charge is 0.303 e. The van der Waals surface area contributed by atoms with E-state index in [0.717, 1.165) is 12.8 Å². The van der Waals surface area contributed by atoms with Gasteiger partial charge in [0.05, 0.1) is 5.69 Å². The van der Waals surface area contributed by atoms with Crippen LogP contribution in [0.2, 0.25) is 0 Å². The number of aryl methyl sites for hydroxylation is 1. The molecule has 1 aromatic rings. The standard InChI is InChI=1S/C13H18FN3O2/c1-2-10-12(14)13(16-8-15-10)17-5-3-9(4-6-17)7-11(18)19/h8-9H,2-7H2,1H3,(H,18,19). The largest absolute Gasteiger partial charge is 0.481 e. The van der Waals surface area contributed by atoms with E-state index in [9.17, 15) is 9.18 Å². The summed E-state index contributed by atoms with van der Waals surface area (Å²) >= 11 is 0. The number of anilines is 1. The fourth-order valence-electron chi connectivity index (χ4n) is 2.46. The Morgan fingerprint density at radius 2 is 2.16 bits per heavy atom. The van der Waals surface area contributed by atoms with Crippen LogP contribution in [0, 0.1) is 11.7 Å². The predicted octanol–water partition coefficient (Wildman–Crippen LogP) is 1.87. The molecule has 19 heavy (non-hydrogen) atoms. The average molecular weight is 267 g/mol. The van der Waals surface area contributed by atoms with Crippen LogP contribution in [0.3, 0.4) is 0 Å². The highest BCUT2D eigenvalue weighted by atomic mass is 19.1. The van der Waals surface area contributed by atoms with Gasteiger partial charge in [0, 0.05) is 19.5 Å². The number of aromatic nitrogens is 2. The molecule has 1 saturated heterocycles. The average Bonchev–Trinajstić information content (AvgIpc) is 2.39. The quantitative estimate of drug-likeness (QED) is 0.902. The Balaban J connectivity index is 2.03. The van der Waals surface area contributed by atoms with Crippen LogP contribution >= 0.6 is 0 Å². The van der Waals surface area contributed by atoms with E-state index in [4.69, 9.17) is 5.11 Å². The van der Waals surface area contributed by atoms with Crippen molar-refractivity contribution in [1.29, 1.82) is 0 Å². The van der Waals surface area contributed by atoms with Crippen molar-refractivity contribution in [3.63, 3.8) is 0 Å². The minimum atomic E-state index is -0.764. The number of carbonyl (C=O) groups is 1. The fourth-order valence-corrected chi connectivity index (χ4v) is 2.46. The van der Waals surface area contributed by atoms with E-state index in [1.807, 2.05) is 11.8 Å². The lowest BCUT2D eigenvalue weighted by molar-refractivity contribution is -0.138. The number of halogens is 1. The summed E-state index contributed by atoms with van der Waals surface area (Å²) < 4.78 is 14.1. The van der Waals surface area contributed by atoms with Gasteiger partial charge in [0.1, 0.15) is 6.33 Å². The summed E-state index contributed by atoms with van der Waals surface area (Å²) in [6, 6.07) is 0. The minimum absolute atomic E-state index is 0.185. The van der Waals surface area contributed by atoms with Gasteiger partial charge in [-0.1, -0.05) is 6.92 Å². The molecule has 1 N–H and O–H groups in total. The predicted molar refractivity (Wildman–Crippen MR) is 68.6 cm³/mol. The summed E-state index contributed by atoms with van der Waals surface area (Å²) in [5.74, 6) is -0.577. The first-order chi connectivity index (χ1) is 9.11. The minimum Gasteiger partial charge on any atom is -0.481 e. The maximum absolute atomic E-state index is 14.1. The number of hydrogen-bond donors (Lipinski definition) is 1. The number of rotatable bonds is 4. The van der Waals surface area contributed by atoms with Crippen molar-refractivity contribution >= 4 is 11.8 Å². The zero-order chi connectivity index (χ0) is 13.8. The molecule has 0 aliphatic carbocycles. The fraction of sp³-hybridized carbons (Fsp3) is 0.615. The summed E-state index contributed by atoms with van der Waals surface area (Å²) in [6.45, 7) is 3.15.